The van der Waals surface area contributed by atoms with E-state index in [9.17, 15) is 4.79 Å². The summed E-state index contributed by atoms with van der Waals surface area (Å²) in [5.41, 5.74) is 0.426. The van der Waals surface area contributed by atoms with Gasteiger partial charge in [0.1, 0.15) is 5.76 Å². The van der Waals surface area contributed by atoms with Gasteiger partial charge in [-0.05, 0) is 13.3 Å². The van der Waals surface area contributed by atoms with Crippen LogP contribution in [0.5, 0.6) is 0 Å². The number of nitrogens with one attached hydrogen (secondary N) is 2. The molecule has 0 aliphatic rings. The molecule has 0 fully saturated rings. The predicted molar refractivity (Wildman–Crippen MR) is 69.2 cm³/mol. The first-order valence-electron chi connectivity index (χ1n) is 5.99. The zero-order chi connectivity index (χ0) is 13.7. The fourth-order valence-electron chi connectivity index (χ4n) is 1.39. The molecule has 100 valence electrons. The molecule has 0 aliphatic carbocycles. The number of carbonyl (C=O) groups excluding carboxylic acids is 1. The Labute approximate surface area is 110 Å². The molecule has 0 unspecified atom stereocenters. The van der Waals surface area contributed by atoms with Gasteiger partial charge in [-0.3, -0.25) is 4.79 Å². The summed E-state index contributed by atoms with van der Waals surface area (Å²) in [6.45, 7) is 4.42. The van der Waals surface area contributed by atoms with E-state index in [0.717, 1.165) is 6.42 Å². The molecule has 0 aromatic carbocycles. The summed E-state index contributed by atoms with van der Waals surface area (Å²) in [6, 6.07) is 1.73. The van der Waals surface area contributed by atoms with Crippen LogP contribution >= 0.6 is 0 Å². The van der Waals surface area contributed by atoms with E-state index in [1.165, 1.54) is 12.4 Å². The lowest BCUT2D eigenvalue weighted by atomic mass is 10.3. The van der Waals surface area contributed by atoms with Gasteiger partial charge < -0.3 is 15.2 Å². The van der Waals surface area contributed by atoms with Crippen molar-refractivity contribution in [3.05, 3.63) is 29.8 Å². The van der Waals surface area contributed by atoms with Crippen molar-refractivity contribution in [1.29, 1.82) is 0 Å². The van der Waals surface area contributed by atoms with Crippen molar-refractivity contribution in [3.63, 3.8) is 0 Å². The fraction of sp³-hybridized carbons (Fsp3) is 0.333. The van der Waals surface area contributed by atoms with Gasteiger partial charge in [0.25, 0.3) is 5.91 Å². The SMILES string of the molecule is CCCNC(=O)c1cnc(Nc2cc(C)on2)nc1. The second kappa shape index (κ2) is 5.94. The van der Waals surface area contributed by atoms with Crippen LogP contribution in [0.4, 0.5) is 11.8 Å². The van der Waals surface area contributed by atoms with Crippen LogP contribution in [0.25, 0.3) is 0 Å². The number of hydrogen-bond donors (Lipinski definition) is 2. The number of aryl methyl sites for hydroxylation is 1. The van der Waals surface area contributed by atoms with Gasteiger partial charge in [0.2, 0.25) is 5.95 Å². The molecular formula is C12H15N5O2. The summed E-state index contributed by atoms with van der Waals surface area (Å²) in [5, 5.41) is 9.39. The maximum atomic E-state index is 11.6. The van der Waals surface area contributed by atoms with Crippen molar-refractivity contribution in [2.45, 2.75) is 20.3 Å². The topological polar surface area (TPSA) is 92.9 Å². The largest absolute Gasteiger partial charge is 0.360 e. The number of carbonyl (C=O) groups is 1. The molecule has 1 amide bonds. The molecule has 7 heteroatoms. The lowest BCUT2D eigenvalue weighted by Crippen LogP contribution is -2.24. The molecule has 0 atom stereocenters. The van der Waals surface area contributed by atoms with E-state index in [-0.39, 0.29) is 5.91 Å². The fourth-order valence-corrected chi connectivity index (χ4v) is 1.39. The van der Waals surface area contributed by atoms with Gasteiger partial charge in [-0.1, -0.05) is 12.1 Å². The van der Waals surface area contributed by atoms with Gasteiger partial charge in [-0.25, -0.2) is 9.97 Å². The number of hydrogen-bond acceptors (Lipinski definition) is 6. The van der Waals surface area contributed by atoms with Crippen molar-refractivity contribution < 1.29 is 9.32 Å². The summed E-state index contributed by atoms with van der Waals surface area (Å²) in [7, 11) is 0. The van der Waals surface area contributed by atoms with E-state index in [0.29, 0.717) is 29.6 Å². The Morgan fingerprint density at radius 2 is 2.11 bits per heavy atom. The predicted octanol–water partition coefficient (Wildman–Crippen LogP) is 1.66. The summed E-state index contributed by atoms with van der Waals surface area (Å²) in [6.07, 6.45) is 3.82. The molecule has 2 aromatic rings. The van der Waals surface area contributed by atoms with Crippen LogP contribution in [0.2, 0.25) is 0 Å². The second-order valence-corrected chi connectivity index (χ2v) is 4.00. The minimum atomic E-state index is -0.175. The first-order valence-corrected chi connectivity index (χ1v) is 5.99. The van der Waals surface area contributed by atoms with E-state index in [1.807, 2.05) is 6.92 Å². The highest BCUT2D eigenvalue weighted by Crippen LogP contribution is 2.11. The van der Waals surface area contributed by atoms with Crippen LogP contribution in [-0.2, 0) is 0 Å². The number of nitrogens with zero attached hydrogens (tertiary/aromatic N) is 3. The van der Waals surface area contributed by atoms with Crippen LogP contribution < -0.4 is 10.6 Å². The van der Waals surface area contributed by atoms with Gasteiger partial charge in [0.05, 0.1) is 5.56 Å². The quantitative estimate of drug-likeness (QED) is 0.850. The summed E-state index contributed by atoms with van der Waals surface area (Å²) >= 11 is 0. The number of amides is 1. The lowest BCUT2D eigenvalue weighted by Gasteiger charge is -2.03. The lowest BCUT2D eigenvalue weighted by molar-refractivity contribution is 0.0953. The number of aromatic nitrogens is 3. The zero-order valence-corrected chi connectivity index (χ0v) is 10.8. The van der Waals surface area contributed by atoms with Crippen LogP contribution in [0, 0.1) is 6.92 Å². The van der Waals surface area contributed by atoms with Crippen LogP contribution in [0.15, 0.2) is 23.0 Å². The highest BCUT2D eigenvalue weighted by atomic mass is 16.5. The maximum Gasteiger partial charge on any atom is 0.254 e. The molecule has 2 rings (SSSR count). The normalized spacial score (nSPS) is 10.2. The minimum absolute atomic E-state index is 0.175. The van der Waals surface area contributed by atoms with Gasteiger partial charge in [-0.15, -0.1) is 0 Å². The van der Waals surface area contributed by atoms with E-state index >= 15 is 0 Å². The Balaban J connectivity index is 2.00. The third kappa shape index (κ3) is 3.51. The van der Waals surface area contributed by atoms with Crippen LogP contribution in [0.1, 0.15) is 29.5 Å². The summed E-state index contributed by atoms with van der Waals surface area (Å²) in [4.78, 5) is 19.7. The van der Waals surface area contributed by atoms with E-state index < -0.39 is 0 Å². The van der Waals surface area contributed by atoms with Gasteiger partial charge in [0, 0.05) is 25.0 Å². The molecule has 0 saturated heterocycles. The Kier molecular flexibility index (Phi) is 4.07. The van der Waals surface area contributed by atoms with E-state index in [4.69, 9.17) is 4.52 Å². The number of anilines is 2. The van der Waals surface area contributed by atoms with E-state index in [2.05, 4.69) is 25.8 Å². The average Bonchev–Trinajstić information content (AvgIpc) is 2.82. The van der Waals surface area contributed by atoms with Gasteiger partial charge in [-0.2, -0.15) is 0 Å². The van der Waals surface area contributed by atoms with Crippen molar-refractivity contribution in [2.75, 3.05) is 11.9 Å². The van der Waals surface area contributed by atoms with Crippen LogP contribution in [0.3, 0.4) is 0 Å². The van der Waals surface area contributed by atoms with Crippen molar-refractivity contribution in [1.82, 2.24) is 20.4 Å². The molecule has 2 N–H and O–H groups in total. The highest BCUT2D eigenvalue weighted by molar-refractivity contribution is 5.93. The summed E-state index contributed by atoms with van der Waals surface area (Å²) in [5.74, 6) is 1.41. The molecule has 2 aromatic heterocycles. The molecule has 2 heterocycles. The first kappa shape index (κ1) is 13.0. The van der Waals surface area contributed by atoms with Crippen molar-refractivity contribution in [3.8, 4) is 0 Å². The maximum absolute atomic E-state index is 11.6. The van der Waals surface area contributed by atoms with Crippen molar-refractivity contribution in [2.24, 2.45) is 0 Å². The second-order valence-electron chi connectivity index (χ2n) is 4.00. The van der Waals surface area contributed by atoms with Gasteiger partial charge >= 0.3 is 0 Å². The molecule has 7 nitrogen and oxygen atoms in total. The third-order valence-electron chi connectivity index (χ3n) is 2.32. The first-order chi connectivity index (χ1) is 9.19. The monoisotopic (exact) mass is 261 g/mol. The average molecular weight is 261 g/mol. The molecule has 0 aliphatic heterocycles. The molecule has 19 heavy (non-hydrogen) atoms. The van der Waals surface area contributed by atoms with Gasteiger partial charge in [0.15, 0.2) is 5.82 Å². The van der Waals surface area contributed by atoms with E-state index in [1.54, 1.807) is 13.0 Å². The standard InChI is InChI=1S/C12H15N5O2/c1-3-4-13-11(18)9-6-14-12(15-7-9)16-10-5-8(2)19-17-10/h5-7H,3-4H2,1-2H3,(H,13,18)(H,14,15,16,17). The zero-order valence-electron chi connectivity index (χ0n) is 10.8. The summed E-state index contributed by atoms with van der Waals surface area (Å²) < 4.78 is 4.91. The van der Waals surface area contributed by atoms with Crippen LogP contribution in [-0.4, -0.2) is 27.6 Å². The Morgan fingerprint density at radius 3 is 2.68 bits per heavy atom. The molecule has 0 bridgehead atoms. The highest BCUT2D eigenvalue weighted by Gasteiger charge is 2.07. The van der Waals surface area contributed by atoms with Crippen molar-refractivity contribution >= 4 is 17.7 Å². The molecule has 0 spiro atoms. The molecule has 0 saturated carbocycles. The smallest absolute Gasteiger partial charge is 0.254 e. The Hall–Kier alpha value is -2.44. The number of rotatable bonds is 5. The molecular weight excluding hydrogens is 246 g/mol. The minimum Gasteiger partial charge on any atom is -0.360 e. The third-order valence-corrected chi connectivity index (χ3v) is 2.32. The Morgan fingerprint density at radius 1 is 1.37 bits per heavy atom. The Bertz CT molecular complexity index is 550. The molecule has 0 radical (unpaired) electrons.